The van der Waals surface area contributed by atoms with Crippen LogP contribution in [-0.2, 0) is 9.53 Å². The number of carbonyl (C=O) groups is 1. The molecule has 1 fully saturated rings. The van der Waals surface area contributed by atoms with Gasteiger partial charge in [-0.05, 0) is 31.5 Å². The molecule has 6 heteroatoms. The Balaban J connectivity index is 2.04. The molecule has 1 saturated heterocycles. The minimum absolute atomic E-state index is 0.0676. The smallest absolute Gasteiger partial charge is 0.241 e. The number of morpholine rings is 1. The van der Waals surface area contributed by atoms with Crippen molar-refractivity contribution in [3.63, 3.8) is 0 Å². The normalized spacial score (nSPS) is 21.0. The van der Waals surface area contributed by atoms with Gasteiger partial charge in [0, 0.05) is 18.3 Å². The summed E-state index contributed by atoms with van der Waals surface area (Å²) >= 11 is 6.09. The van der Waals surface area contributed by atoms with E-state index >= 15 is 0 Å². The van der Waals surface area contributed by atoms with Crippen LogP contribution in [0.5, 0.6) is 0 Å². The molecule has 0 spiro atoms. The number of hydrogen-bond acceptors (Lipinski definition) is 4. The summed E-state index contributed by atoms with van der Waals surface area (Å²) in [6.07, 6.45) is 0.959. The fraction of sp³-hybridized carbons (Fsp3) is 0.533. The van der Waals surface area contributed by atoms with Gasteiger partial charge < -0.3 is 15.8 Å². The van der Waals surface area contributed by atoms with Crippen LogP contribution in [0.1, 0.15) is 20.3 Å². The fourth-order valence-electron chi connectivity index (χ4n) is 2.55. The van der Waals surface area contributed by atoms with Gasteiger partial charge in [0.25, 0.3) is 0 Å². The van der Waals surface area contributed by atoms with Gasteiger partial charge in [0.1, 0.15) is 0 Å². The molecule has 0 aromatic heterocycles. The highest BCUT2D eigenvalue weighted by molar-refractivity contribution is 6.34. The lowest BCUT2D eigenvalue weighted by atomic mass is 10.1. The van der Waals surface area contributed by atoms with Crippen LogP contribution < -0.4 is 11.1 Å². The second-order valence-electron chi connectivity index (χ2n) is 5.28. The Hall–Kier alpha value is -1.30. The number of nitrogens with one attached hydrogen (secondary N) is 1. The SMILES string of the molecule is CCC1COCCN1C(C)C(=O)Nc1ccc(N)cc1Cl. The second-order valence-corrected chi connectivity index (χ2v) is 5.69. The van der Waals surface area contributed by atoms with Gasteiger partial charge in [-0.2, -0.15) is 0 Å². The Bertz CT molecular complexity index is 510. The highest BCUT2D eigenvalue weighted by atomic mass is 35.5. The third kappa shape index (κ3) is 3.87. The van der Waals surface area contributed by atoms with E-state index in [0.29, 0.717) is 29.6 Å². The minimum atomic E-state index is -0.229. The van der Waals surface area contributed by atoms with Gasteiger partial charge in [-0.3, -0.25) is 9.69 Å². The van der Waals surface area contributed by atoms with E-state index in [1.165, 1.54) is 0 Å². The molecule has 0 aliphatic carbocycles. The van der Waals surface area contributed by atoms with Crippen LogP contribution in [0.2, 0.25) is 5.02 Å². The van der Waals surface area contributed by atoms with Crippen LogP contribution in [0.25, 0.3) is 0 Å². The van der Waals surface area contributed by atoms with E-state index in [-0.39, 0.29) is 18.0 Å². The predicted molar refractivity (Wildman–Crippen MR) is 85.6 cm³/mol. The first-order valence-corrected chi connectivity index (χ1v) is 7.60. The summed E-state index contributed by atoms with van der Waals surface area (Å²) in [6, 6.07) is 5.12. The van der Waals surface area contributed by atoms with Crippen molar-refractivity contribution in [2.75, 3.05) is 30.8 Å². The number of benzene rings is 1. The molecule has 21 heavy (non-hydrogen) atoms. The Morgan fingerprint density at radius 1 is 1.62 bits per heavy atom. The van der Waals surface area contributed by atoms with E-state index in [1.54, 1.807) is 18.2 Å². The summed E-state index contributed by atoms with van der Waals surface area (Å²) in [5.41, 5.74) is 6.81. The predicted octanol–water partition coefficient (Wildman–Crippen LogP) is 2.36. The zero-order valence-electron chi connectivity index (χ0n) is 12.4. The van der Waals surface area contributed by atoms with Crippen LogP contribution in [-0.4, -0.2) is 42.6 Å². The molecule has 2 unspecified atom stereocenters. The zero-order valence-corrected chi connectivity index (χ0v) is 13.2. The van der Waals surface area contributed by atoms with Gasteiger partial charge >= 0.3 is 0 Å². The first kappa shape index (κ1) is 16.1. The summed E-state index contributed by atoms with van der Waals surface area (Å²) in [5, 5.41) is 3.32. The molecule has 5 nitrogen and oxygen atoms in total. The summed E-state index contributed by atoms with van der Waals surface area (Å²) < 4.78 is 5.48. The number of halogens is 1. The molecule has 1 aliphatic heterocycles. The largest absolute Gasteiger partial charge is 0.399 e. The van der Waals surface area contributed by atoms with Gasteiger partial charge in [-0.15, -0.1) is 0 Å². The van der Waals surface area contributed by atoms with Crippen LogP contribution in [0, 0.1) is 0 Å². The van der Waals surface area contributed by atoms with E-state index in [2.05, 4.69) is 17.1 Å². The van der Waals surface area contributed by atoms with Crippen molar-refractivity contribution in [2.45, 2.75) is 32.4 Å². The lowest BCUT2D eigenvalue weighted by molar-refractivity contribution is -0.124. The number of anilines is 2. The average Bonchev–Trinajstić information content (AvgIpc) is 2.49. The first-order valence-electron chi connectivity index (χ1n) is 7.22. The number of amides is 1. The number of ether oxygens (including phenoxy) is 1. The topological polar surface area (TPSA) is 67.6 Å². The van der Waals surface area contributed by atoms with Crippen LogP contribution in [0.15, 0.2) is 18.2 Å². The number of carbonyl (C=O) groups excluding carboxylic acids is 1. The van der Waals surface area contributed by atoms with E-state index in [4.69, 9.17) is 22.1 Å². The van der Waals surface area contributed by atoms with Crippen molar-refractivity contribution < 1.29 is 9.53 Å². The maximum atomic E-state index is 12.4. The molecule has 1 aromatic rings. The molecule has 116 valence electrons. The molecule has 3 N–H and O–H groups in total. The van der Waals surface area contributed by atoms with Crippen molar-refractivity contribution in [1.29, 1.82) is 0 Å². The second kappa shape index (κ2) is 7.11. The zero-order chi connectivity index (χ0) is 15.4. The highest BCUT2D eigenvalue weighted by Crippen LogP contribution is 2.25. The Morgan fingerprint density at radius 2 is 2.38 bits per heavy atom. The molecular weight excluding hydrogens is 290 g/mol. The minimum Gasteiger partial charge on any atom is -0.399 e. The van der Waals surface area contributed by atoms with E-state index in [1.807, 2.05) is 6.92 Å². The molecule has 0 bridgehead atoms. The number of nitrogens with zero attached hydrogens (tertiary/aromatic N) is 1. The van der Waals surface area contributed by atoms with E-state index < -0.39 is 0 Å². The fourth-order valence-corrected chi connectivity index (χ4v) is 2.79. The maximum Gasteiger partial charge on any atom is 0.241 e. The molecule has 1 aliphatic rings. The van der Waals surface area contributed by atoms with Crippen molar-refractivity contribution in [2.24, 2.45) is 0 Å². The van der Waals surface area contributed by atoms with Crippen molar-refractivity contribution >= 4 is 28.9 Å². The van der Waals surface area contributed by atoms with E-state index in [0.717, 1.165) is 13.0 Å². The highest BCUT2D eigenvalue weighted by Gasteiger charge is 2.29. The van der Waals surface area contributed by atoms with Crippen molar-refractivity contribution in [1.82, 2.24) is 4.90 Å². The Morgan fingerprint density at radius 3 is 3.05 bits per heavy atom. The lowest BCUT2D eigenvalue weighted by Gasteiger charge is -2.38. The van der Waals surface area contributed by atoms with Gasteiger partial charge in [-0.25, -0.2) is 0 Å². The van der Waals surface area contributed by atoms with Crippen molar-refractivity contribution in [3.05, 3.63) is 23.2 Å². The average molecular weight is 312 g/mol. The molecule has 1 aromatic carbocycles. The van der Waals surface area contributed by atoms with Crippen LogP contribution >= 0.6 is 11.6 Å². The van der Waals surface area contributed by atoms with Gasteiger partial charge in [-0.1, -0.05) is 18.5 Å². The van der Waals surface area contributed by atoms with Gasteiger partial charge in [0.05, 0.1) is 30.0 Å². The molecule has 0 radical (unpaired) electrons. The van der Waals surface area contributed by atoms with Crippen LogP contribution in [0.3, 0.4) is 0 Å². The summed E-state index contributed by atoms with van der Waals surface area (Å²) in [6.45, 7) is 6.12. The quantitative estimate of drug-likeness (QED) is 0.838. The van der Waals surface area contributed by atoms with Crippen LogP contribution in [0.4, 0.5) is 11.4 Å². The first-order chi connectivity index (χ1) is 10.0. The third-order valence-electron chi connectivity index (χ3n) is 3.87. The summed E-state index contributed by atoms with van der Waals surface area (Å²) in [7, 11) is 0. The molecule has 2 rings (SSSR count). The number of nitrogen functional groups attached to an aromatic ring is 1. The number of nitrogens with two attached hydrogens (primary N) is 1. The molecule has 2 atom stereocenters. The summed E-state index contributed by atoms with van der Waals surface area (Å²) in [5.74, 6) is -0.0676. The molecule has 0 saturated carbocycles. The van der Waals surface area contributed by atoms with Gasteiger partial charge in [0.2, 0.25) is 5.91 Å². The lowest BCUT2D eigenvalue weighted by Crippen LogP contribution is -2.53. The number of hydrogen-bond donors (Lipinski definition) is 2. The third-order valence-corrected chi connectivity index (χ3v) is 4.18. The maximum absolute atomic E-state index is 12.4. The van der Waals surface area contributed by atoms with E-state index in [9.17, 15) is 4.79 Å². The number of rotatable bonds is 4. The molecule has 1 amide bonds. The van der Waals surface area contributed by atoms with Crippen molar-refractivity contribution in [3.8, 4) is 0 Å². The Kier molecular flexibility index (Phi) is 5.45. The molecular formula is C15H22ClN3O2. The Labute approximate surface area is 130 Å². The summed E-state index contributed by atoms with van der Waals surface area (Å²) in [4.78, 5) is 14.6. The monoisotopic (exact) mass is 311 g/mol. The van der Waals surface area contributed by atoms with Gasteiger partial charge in [0.15, 0.2) is 0 Å². The molecule has 1 heterocycles. The standard InChI is InChI=1S/C15H22ClN3O2/c1-3-12-9-21-7-6-19(12)10(2)15(20)18-14-5-4-11(17)8-13(14)16/h4-5,8,10,12H,3,6-7,9,17H2,1-2H3,(H,18,20).